The van der Waals surface area contributed by atoms with Crippen molar-refractivity contribution in [1.82, 2.24) is 0 Å². The summed E-state index contributed by atoms with van der Waals surface area (Å²) in [6.45, 7) is 5.33. The van der Waals surface area contributed by atoms with Crippen LogP contribution in [0.2, 0.25) is 0 Å². The van der Waals surface area contributed by atoms with Crippen LogP contribution in [0.1, 0.15) is 44.3 Å². The van der Waals surface area contributed by atoms with Crippen LogP contribution in [0.4, 0.5) is 0 Å². The number of hydrogen-bond acceptors (Lipinski definition) is 8. The smallest absolute Gasteiger partial charge is 0.338 e. The van der Waals surface area contributed by atoms with Crippen molar-refractivity contribution in [2.24, 2.45) is 0 Å². The van der Waals surface area contributed by atoms with E-state index in [1.54, 1.807) is 24.3 Å². The molecule has 4 rings (SSSR count). The Morgan fingerprint density at radius 2 is 1.32 bits per heavy atom. The molecule has 0 aliphatic carbocycles. The number of thioether (sulfide) groups is 1. The Labute approximate surface area is 226 Å². The van der Waals surface area contributed by atoms with Gasteiger partial charge in [0.15, 0.2) is 5.44 Å². The van der Waals surface area contributed by atoms with E-state index in [0.717, 1.165) is 16.7 Å². The first kappa shape index (κ1) is 27.4. The van der Waals surface area contributed by atoms with Gasteiger partial charge in [0.2, 0.25) is 0 Å². The highest BCUT2D eigenvalue weighted by Gasteiger charge is 2.50. The van der Waals surface area contributed by atoms with Gasteiger partial charge in [-0.1, -0.05) is 65.7 Å². The van der Waals surface area contributed by atoms with Crippen LogP contribution >= 0.6 is 11.8 Å². The van der Waals surface area contributed by atoms with Crippen LogP contribution in [0.3, 0.4) is 0 Å². The zero-order valence-corrected chi connectivity index (χ0v) is 22.3. The minimum Gasteiger partial charge on any atom is -0.461 e. The predicted octanol–water partition coefficient (Wildman–Crippen LogP) is 5.28. The molecule has 4 atom stereocenters. The lowest BCUT2D eigenvalue weighted by Crippen LogP contribution is -2.41. The molecule has 8 heteroatoms. The number of aryl methyl sites for hydroxylation is 2. The summed E-state index contributed by atoms with van der Waals surface area (Å²) in [5.74, 6) is -1.52. The fraction of sp³-hybridized carbons (Fsp3) is 0.300. The average Bonchev–Trinajstić information content (AvgIpc) is 3.22. The van der Waals surface area contributed by atoms with E-state index in [1.807, 2.05) is 68.4 Å². The summed E-state index contributed by atoms with van der Waals surface area (Å²) >= 11 is 1.25. The van der Waals surface area contributed by atoms with Crippen molar-refractivity contribution in [3.8, 4) is 0 Å². The highest BCUT2D eigenvalue weighted by molar-refractivity contribution is 8.00. The first-order valence-corrected chi connectivity index (χ1v) is 13.2. The van der Waals surface area contributed by atoms with E-state index in [2.05, 4.69) is 0 Å². The van der Waals surface area contributed by atoms with Gasteiger partial charge >= 0.3 is 17.9 Å². The van der Waals surface area contributed by atoms with E-state index in [1.165, 1.54) is 18.7 Å². The van der Waals surface area contributed by atoms with Crippen molar-refractivity contribution in [2.45, 2.75) is 50.3 Å². The maximum atomic E-state index is 13.1. The second-order valence-electron chi connectivity index (χ2n) is 9.11. The zero-order valence-electron chi connectivity index (χ0n) is 21.5. The van der Waals surface area contributed by atoms with E-state index in [0.29, 0.717) is 11.1 Å². The van der Waals surface area contributed by atoms with Crippen LogP contribution in [0.5, 0.6) is 0 Å². The summed E-state index contributed by atoms with van der Waals surface area (Å²) in [7, 11) is 0. The summed E-state index contributed by atoms with van der Waals surface area (Å²) < 4.78 is 23.3. The Morgan fingerprint density at radius 3 is 1.89 bits per heavy atom. The number of ether oxygens (including phenoxy) is 4. The fourth-order valence-corrected chi connectivity index (χ4v) is 5.42. The second kappa shape index (κ2) is 12.8. The quantitative estimate of drug-likeness (QED) is 0.271. The first-order valence-electron chi connectivity index (χ1n) is 12.3. The van der Waals surface area contributed by atoms with E-state index in [-0.39, 0.29) is 13.2 Å². The van der Waals surface area contributed by atoms with Gasteiger partial charge in [-0.3, -0.25) is 4.79 Å². The van der Waals surface area contributed by atoms with Crippen molar-refractivity contribution in [3.63, 3.8) is 0 Å². The van der Waals surface area contributed by atoms with E-state index in [9.17, 15) is 14.4 Å². The third-order valence-electron chi connectivity index (χ3n) is 6.03. The monoisotopic (exact) mass is 534 g/mol. The normalized spacial score (nSPS) is 20.5. The van der Waals surface area contributed by atoms with Crippen LogP contribution in [0.15, 0.2) is 78.9 Å². The van der Waals surface area contributed by atoms with Gasteiger partial charge in [-0.15, -0.1) is 11.8 Å². The molecular formula is C30H30O7S. The Balaban J connectivity index is 1.55. The molecule has 7 nitrogen and oxygen atoms in total. The van der Waals surface area contributed by atoms with Gasteiger partial charge < -0.3 is 18.9 Å². The van der Waals surface area contributed by atoms with Crippen molar-refractivity contribution >= 4 is 29.7 Å². The lowest BCUT2D eigenvalue weighted by atomic mass is 10.1. The number of hydrogen-bond donors (Lipinski definition) is 0. The Hall–Kier alpha value is -3.62. The van der Waals surface area contributed by atoms with Gasteiger partial charge in [-0.2, -0.15) is 0 Å². The van der Waals surface area contributed by atoms with Crippen molar-refractivity contribution < 1.29 is 33.3 Å². The van der Waals surface area contributed by atoms with Gasteiger partial charge in [-0.25, -0.2) is 9.59 Å². The predicted molar refractivity (Wildman–Crippen MR) is 144 cm³/mol. The molecule has 3 aromatic rings. The number of carbonyl (C=O) groups is 3. The number of rotatable bonds is 9. The number of esters is 3. The summed E-state index contributed by atoms with van der Waals surface area (Å²) in [4.78, 5) is 37.7. The molecule has 3 aromatic carbocycles. The molecule has 1 heterocycles. The molecule has 0 saturated carbocycles. The molecule has 1 fully saturated rings. The minimum absolute atomic E-state index is 0.0633. The Bertz CT molecular complexity index is 1240. The van der Waals surface area contributed by atoms with Crippen molar-refractivity contribution in [1.29, 1.82) is 0 Å². The molecule has 1 aliphatic rings. The topological polar surface area (TPSA) is 88.1 Å². The lowest BCUT2D eigenvalue weighted by molar-refractivity contribution is -0.152. The van der Waals surface area contributed by atoms with E-state index in [4.69, 9.17) is 18.9 Å². The van der Waals surface area contributed by atoms with E-state index < -0.39 is 40.8 Å². The van der Waals surface area contributed by atoms with Crippen LogP contribution in [-0.2, 0) is 30.3 Å². The Morgan fingerprint density at radius 1 is 0.737 bits per heavy atom. The standard InChI is InChI=1S/C30H30O7S/c1-19-9-13-23(14-10-19)28(32)35-18-25-26(37-29(33)24-15-11-20(2)12-16-24)27(30(38-25)36-21(3)31)34-17-22-7-5-4-6-8-22/h4-16,25-27,30H,17-18H2,1-3H3/t25-,26+,27-,30?/m1/s1. The molecule has 38 heavy (non-hydrogen) atoms. The van der Waals surface area contributed by atoms with Crippen LogP contribution < -0.4 is 0 Å². The third kappa shape index (κ3) is 7.24. The molecule has 0 bridgehead atoms. The summed E-state index contributed by atoms with van der Waals surface area (Å²) in [5.41, 5.74) is 3.00. The van der Waals surface area contributed by atoms with Crippen LogP contribution in [-0.4, -0.2) is 47.4 Å². The maximum absolute atomic E-state index is 13.1. The fourth-order valence-electron chi connectivity index (χ4n) is 3.98. The van der Waals surface area contributed by atoms with E-state index >= 15 is 0 Å². The highest BCUT2D eigenvalue weighted by atomic mass is 32.2. The highest BCUT2D eigenvalue weighted by Crippen LogP contribution is 2.40. The molecule has 1 saturated heterocycles. The summed E-state index contributed by atoms with van der Waals surface area (Å²) in [6.07, 6.45) is -1.62. The van der Waals surface area contributed by atoms with Crippen molar-refractivity contribution in [3.05, 3.63) is 107 Å². The molecule has 1 aliphatic heterocycles. The Kier molecular flexibility index (Phi) is 9.20. The minimum atomic E-state index is -0.840. The second-order valence-corrected chi connectivity index (χ2v) is 10.5. The number of carbonyl (C=O) groups excluding carboxylic acids is 3. The van der Waals surface area contributed by atoms with Gasteiger partial charge in [0.05, 0.1) is 23.0 Å². The molecule has 0 amide bonds. The third-order valence-corrected chi connectivity index (χ3v) is 7.42. The van der Waals surface area contributed by atoms with Gasteiger partial charge in [-0.05, 0) is 43.7 Å². The van der Waals surface area contributed by atoms with Gasteiger partial charge in [0, 0.05) is 6.92 Å². The summed E-state index contributed by atoms with van der Waals surface area (Å²) in [5, 5.41) is -0.524. The molecule has 0 spiro atoms. The largest absolute Gasteiger partial charge is 0.461 e. The molecular weight excluding hydrogens is 504 g/mol. The van der Waals surface area contributed by atoms with Crippen molar-refractivity contribution in [2.75, 3.05) is 6.61 Å². The van der Waals surface area contributed by atoms with Crippen LogP contribution in [0, 0.1) is 13.8 Å². The maximum Gasteiger partial charge on any atom is 0.338 e. The lowest BCUT2D eigenvalue weighted by Gasteiger charge is -2.25. The van der Waals surface area contributed by atoms with Crippen LogP contribution in [0.25, 0.3) is 0 Å². The number of benzene rings is 3. The first-order chi connectivity index (χ1) is 18.3. The molecule has 0 radical (unpaired) electrons. The summed E-state index contributed by atoms with van der Waals surface area (Å²) in [6, 6.07) is 23.6. The zero-order chi connectivity index (χ0) is 27.1. The molecule has 0 aromatic heterocycles. The van der Waals surface area contributed by atoms with Gasteiger partial charge in [0.1, 0.15) is 18.8 Å². The van der Waals surface area contributed by atoms with Gasteiger partial charge in [0.25, 0.3) is 0 Å². The molecule has 0 N–H and O–H groups in total. The average molecular weight is 535 g/mol. The molecule has 1 unspecified atom stereocenters. The molecule has 198 valence electrons. The SMILES string of the molecule is CC(=O)OC1S[C@H](COC(=O)c2ccc(C)cc2)[C@H](OC(=O)c2ccc(C)cc2)[C@H]1OCc1ccccc1.